The van der Waals surface area contributed by atoms with Crippen molar-refractivity contribution >= 4 is 15.9 Å². The molecule has 1 fully saturated rings. The summed E-state index contributed by atoms with van der Waals surface area (Å²) in [6, 6.07) is 10.1. The highest BCUT2D eigenvalue weighted by molar-refractivity contribution is 7.88. The van der Waals surface area contributed by atoms with E-state index in [9.17, 15) is 13.2 Å². The van der Waals surface area contributed by atoms with Crippen LogP contribution in [-0.2, 0) is 10.0 Å². The SMILES string of the molecule is Cc1ccccc1-n1c(C)cc(C(=O)N2CCCC(CNS(C)(=O)=O)C2)c1C. The van der Waals surface area contributed by atoms with Gasteiger partial charge >= 0.3 is 0 Å². The van der Waals surface area contributed by atoms with Gasteiger partial charge in [-0.25, -0.2) is 13.1 Å². The van der Waals surface area contributed by atoms with E-state index in [-0.39, 0.29) is 11.8 Å². The third-order valence-corrected chi connectivity index (χ3v) is 6.15. The normalized spacial score (nSPS) is 17.7. The Morgan fingerprint density at radius 1 is 1.21 bits per heavy atom. The lowest BCUT2D eigenvalue weighted by molar-refractivity contribution is 0.0675. The summed E-state index contributed by atoms with van der Waals surface area (Å²) in [5, 5.41) is 0. The third-order valence-electron chi connectivity index (χ3n) is 5.46. The number of rotatable bonds is 5. The van der Waals surface area contributed by atoms with Crippen LogP contribution in [0.25, 0.3) is 5.69 Å². The van der Waals surface area contributed by atoms with Crippen molar-refractivity contribution in [2.24, 2.45) is 5.92 Å². The number of hydrogen-bond acceptors (Lipinski definition) is 3. The zero-order chi connectivity index (χ0) is 20.5. The summed E-state index contributed by atoms with van der Waals surface area (Å²) in [6.07, 6.45) is 2.98. The summed E-state index contributed by atoms with van der Waals surface area (Å²) in [6.45, 7) is 7.74. The van der Waals surface area contributed by atoms with E-state index in [4.69, 9.17) is 0 Å². The summed E-state index contributed by atoms with van der Waals surface area (Å²) < 4.78 is 27.4. The predicted molar refractivity (Wildman–Crippen MR) is 111 cm³/mol. The predicted octanol–water partition coefficient (Wildman–Crippen LogP) is 2.80. The summed E-state index contributed by atoms with van der Waals surface area (Å²) in [5.41, 5.74) is 4.94. The molecule has 1 amide bonds. The van der Waals surface area contributed by atoms with Gasteiger partial charge in [-0.2, -0.15) is 0 Å². The van der Waals surface area contributed by atoms with Gasteiger partial charge in [0, 0.05) is 36.7 Å². The summed E-state index contributed by atoms with van der Waals surface area (Å²) >= 11 is 0. The molecule has 0 aliphatic carbocycles. The molecule has 1 aliphatic rings. The quantitative estimate of drug-likeness (QED) is 0.834. The molecule has 2 aromatic rings. The van der Waals surface area contributed by atoms with Crippen molar-refractivity contribution in [3.05, 3.63) is 52.8 Å². The molecule has 3 rings (SSSR count). The van der Waals surface area contributed by atoms with Crippen LogP contribution >= 0.6 is 0 Å². The molecule has 0 radical (unpaired) electrons. The van der Waals surface area contributed by atoms with Crippen LogP contribution in [0.5, 0.6) is 0 Å². The minimum absolute atomic E-state index is 0.0250. The van der Waals surface area contributed by atoms with Crippen molar-refractivity contribution in [1.29, 1.82) is 0 Å². The van der Waals surface area contributed by atoms with Gasteiger partial charge < -0.3 is 9.47 Å². The Hall–Kier alpha value is -2.12. The number of carbonyl (C=O) groups is 1. The molecule has 152 valence electrons. The van der Waals surface area contributed by atoms with Crippen LogP contribution in [0.2, 0.25) is 0 Å². The molecule has 6 nitrogen and oxygen atoms in total. The van der Waals surface area contributed by atoms with Crippen LogP contribution in [0, 0.1) is 26.7 Å². The highest BCUT2D eigenvalue weighted by Crippen LogP contribution is 2.26. The highest BCUT2D eigenvalue weighted by atomic mass is 32.2. The number of sulfonamides is 1. The van der Waals surface area contributed by atoms with Crippen LogP contribution in [0.4, 0.5) is 0 Å². The number of likely N-dealkylation sites (tertiary alicyclic amines) is 1. The van der Waals surface area contributed by atoms with E-state index in [0.29, 0.717) is 19.6 Å². The van der Waals surface area contributed by atoms with E-state index in [1.54, 1.807) is 0 Å². The topological polar surface area (TPSA) is 71.4 Å². The Kier molecular flexibility index (Phi) is 5.95. The first kappa shape index (κ1) is 20.6. The van der Waals surface area contributed by atoms with Gasteiger partial charge in [0.25, 0.3) is 5.91 Å². The first-order valence-corrected chi connectivity index (χ1v) is 11.6. The van der Waals surface area contributed by atoms with Gasteiger partial charge in [0.05, 0.1) is 11.8 Å². The van der Waals surface area contributed by atoms with E-state index in [0.717, 1.165) is 41.0 Å². The molecule has 0 spiro atoms. The second-order valence-corrected chi connectivity index (χ2v) is 9.62. The molecular formula is C21H29N3O3S. The molecule has 1 saturated heterocycles. The van der Waals surface area contributed by atoms with Crippen molar-refractivity contribution in [3.8, 4) is 5.69 Å². The first-order chi connectivity index (χ1) is 13.2. The summed E-state index contributed by atoms with van der Waals surface area (Å²) in [5.74, 6) is 0.171. The number of benzene rings is 1. The Morgan fingerprint density at radius 3 is 2.61 bits per heavy atom. The van der Waals surface area contributed by atoms with Crippen LogP contribution < -0.4 is 4.72 Å². The molecule has 28 heavy (non-hydrogen) atoms. The molecule has 1 aromatic carbocycles. The smallest absolute Gasteiger partial charge is 0.255 e. The first-order valence-electron chi connectivity index (χ1n) is 9.66. The molecule has 7 heteroatoms. The second kappa shape index (κ2) is 8.09. The van der Waals surface area contributed by atoms with Crippen molar-refractivity contribution in [2.45, 2.75) is 33.6 Å². The number of para-hydroxylation sites is 1. The van der Waals surface area contributed by atoms with Crippen molar-refractivity contribution in [2.75, 3.05) is 25.9 Å². The Morgan fingerprint density at radius 2 is 1.93 bits per heavy atom. The average molecular weight is 404 g/mol. The average Bonchev–Trinajstić information content (AvgIpc) is 2.94. The van der Waals surface area contributed by atoms with Gasteiger partial charge in [0.15, 0.2) is 0 Å². The fourth-order valence-corrected chi connectivity index (χ4v) is 4.56. The zero-order valence-electron chi connectivity index (χ0n) is 17.0. The maximum atomic E-state index is 13.2. The molecule has 1 atom stereocenters. The zero-order valence-corrected chi connectivity index (χ0v) is 17.8. The maximum absolute atomic E-state index is 13.2. The molecule has 1 unspecified atom stereocenters. The van der Waals surface area contributed by atoms with Crippen molar-refractivity contribution < 1.29 is 13.2 Å². The van der Waals surface area contributed by atoms with Crippen LogP contribution in [-0.4, -0.2) is 49.7 Å². The molecular weight excluding hydrogens is 374 g/mol. The number of piperidine rings is 1. The van der Waals surface area contributed by atoms with Gasteiger partial charge in [-0.15, -0.1) is 0 Å². The van der Waals surface area contributed by atoms with Gasteiger partial charge in [0.1, 0.15) is 0 Å². The largest absolute Gasteiger partial charge is 0.338 e. The van der Waals surface area contributed by atoms with Crippen LogP contribution in [0.3, 0.4) is 0 Å². The summed E-state index contributed by atoms with van der Waals surface area (Å²) in [7, 11) is -3.21. The second-order valence-electron chi connectivity index (χ2n) is 7.79. The molecule has 1 aromatic heterocycles. The Labute approximate surface area is 167 Å². The lowest BCUT2D eigenvalue weighted by Crippen LogP contribution is -2.43. The van der Waals surface area contributed by atoms with Crippen molar-refractivity contribution in [1.82, 2.24) is 14.2 Å². The Bertz CT molecular complexity index is 979. The van der Waals surface area contributed by atoms with E-state index < -0.39 is 10.0 Å². The number of hydrogen-bond donors (Lipinski definition) is 1. The van der Waals surface area contributed by atoms with Crippen LogP contribution in [0.1, 0.15) is 40.2 Å². The number of nitrogens with zero attached hydrogens (tertiary/aromatic N) is 2. The molecule has 1 N–H and O–H groups in total. The number of amides is 1. The fraction of sp³-hybridized carbons (Fsp3) is 0.476. The molecule has 0 bridgehead atoms. The molecule has 0 saturated carbocycles. The van der Waals surface area contributed by atoms with E-state index in [1.165, 1.54) is 6.26 Å². The Balaban J connectivity index is 1.81. The number of aromatic nitrogens is 1. The number of aryl methyl sites for hydroxylation is 2. The fourth-order valence-electron chi connectivity index (χ4n) is 4.02. The number of carbonyl (C=O) groups excluding carboxylic acids is 1. The lowest BCUT2D eigenvalue weighted by atomic mass is 9.97. The highest BCUT2D eigenvalue weighted by Gasteiger charge is 2.27. The van der Waals surface area contributed by atoms with Crippen molar-refractivity contribution in [3.63, 3.8) is 0 Å². The monoisotopic (exact) mass is 403 g/mol. The minimum Gasteiger partial charge on any atom is -0.338 e. The molecule has 1 aliphatic heterocycles. The minimum atomic E-state index is -3.21. The van der Waals surface area contributed by atoms with E-state index >= 15 is 0 Å². The van der Waals surface area contributed by atoms with Gasteiger partial charge in [-0.1, -0.05) is 18.2 Å². The third kappa shape index (κ3) is 4.47. The van der Waals surface area contributed by atoms with E-state index in [1.807, 2.05) is 36.9 Å². The molecule has 2 heterocycles. The number of nitrogens with one attached hydrogen (secondary N) is 1. The van der Waals surface area contributed by atoms with Gasteiger partial charge in [-0.05, 0) is 57.2 Å². The van der Waals surface area contributed by atoms with Gasteiger partial charge in [0.2, 0.25) is 10.0 Å². The van der Waals surface area contributed by atoms with E-state index in [2.05, 4.69) is 28.3 Å². The standard InChI is InChI=1S/C21H29N3O3S/c1-15-8-5-6-10-20(15)24-16(2)12-19(17(24)3)21(25)23-11-7-9-18(14-23)13-22-28(4,26)27/h5-6,8,10,12,18,22H,7,9,11,13-14H2,1-4H3. The summed E-state index contributed by atoms with van der Waals surface area (Å²) in [4.78, 5) is 15.1. The maximum Gasteiger partial charge on any atom is 0.255 e. The lowest BCUT2D eigenvalue weighted by Gasteiger charge is -2.32. The van der Waals surface area contributed by atoms with Crippen LogP contribution in [0.15, 0.2) is 30.3 Å². The van der Waals surface area contributed by atoms with Gasteiger partial charge in [-0.3, -0.25) is 4.79 Å².